The van der Waals surface area contributed by atoms with Gasteiger partial charge in [-0.1, -0.05) is 17.3 Å². The van der Waals surface area contributed by atoms with Crippen LogP contribution in [0.4, 0.5) is 19.1 Å². The quantitative estimate of drug-likeness (QED) is 0.743. The minimum atomic E-state index is -4.45. The molecule has 0 aliphatic carbocycles. The maximum absolute atomic E-state index is 12.8. The number of nitrogens with zero attached hydrogens (tertiary/aromatic N) is 2. The molecule has 0 bridgehead atoms. The molecular formula is C17H13F3N4O2. The Morgan fingerprint density at radius 2 is 2.04 bits per heavy atom. The van der Waals surface area contributed by atoms with Crippen LogP contribution in [0.2, 0.25) is 0 Å². The summed E-state index contributed by atoms with van der Waals surface area (Å²) < 4.78 is 43.1. The minimum Gasteiger partial charge on any atom is -0.367 e. The second kappa shape index (κ2) is 6.87. The van der Waals surface area contributed by atoms with E-state index >= 15 is 0 Å². The van der Waals surface area contributed by atoms with Crippen molar-refractivity contribution in [1.82, 2.24) is 15.5 Å². The third-order valence-electron chi connectivity index (χ3n) is 3.59. The average Bonchev–Trinajstić information content (AvgIpc) is 3.01. The molecule has 1 aromatic carbocycles. The van der Waals surface area contributed by atoms with Crippen molar-refractivity contribution < 1.29 is 22.5 Å². The van der Waals surface area contributed by atoms with E-state index in [2.05, 4.69) is 15.5 Å². The lowest BCUT2D eigenvalue weighted by molar-refractivity contribution is -0.137. The number of nitrogen functional groups attached to an aromatic ring is 1. The molecule has 0 saturated carbocycles. The van der Waals surface area contributed by atoms with E-state index in [1.165, 1.54) is 18.3 Å². The van der Waals surface area contributed by atoms with Crippen LogP contribution in [0.3, 0.4) is 0 Å². The van der Waals surface area contributed by atoms with E-state index in [1.807, 2.05) is 0 Å². The van der Waals surface area contributed by atoms with Crippen LogP contribution in [0.15, 0.2) is 53.3 Å². The lowest BCUT2D eigenvalue weighted by atomic mass is 10.1. The molecule has 2 aromatic heterocycles. The van der Waals surface area contributed by atoms with Gasteiger partial charge < -0.3 is 15.6 Å². The molecule has 0 unspecified atom stereocenters. The summed E-state index contributed by atoms with van der Waals surface area (Å²) in [6.45, 7) is -0.111. The van der Waals surface area contributed by atoms with Gasteiger partial charge in [-0.25, -0.2) is 0 Å². The molecule has 6 nitrogen and oxygen atoms in total. The van der Waals surface area contributed by atoms with Crippen molar-refractivity contribution in [3.05, 3.63) is 65.5 Å². The van der Waals surface area contributed by atoms with E-state index in [4.69, 9.17) is 10.3 Å². The number of amides is 1. The van der Waals surface area contributed by atoms with Crippen molar-refractivity contribution in [3.8, 4) is 11.3 Å². The van der Waals surface area contributed by atoms with Crippen LogP contribution in [0.25, 0.3) is 11.3 Å². The number of nitrogens with two attached hydrogens (primary N) is 1. The Morgan fingerprint density at radius 3 is 2.73 bits per heavy atom. The zero-order chi connectivity index (χ0) is 18.7. The molecule has 3 rings (SSSR count). The van der Waals surface area contributed by atoms with Gasteiger partial charge in [-0.15, -0.1) is 0 Å². The Labute approximate surface area is 145 Å². The number of carbonyl (C=O) groups excluding carboxylic acids is 1. The molecule has 3 N–H and O–H groups in total. The molecule has 2 heterocycles. The van der Waals surface area contributed by atoms with Gasteiger partial charge in [0.15, 0.2) is 0 Å². The highest BCUT2D eigenvalue weighted by atomic mass is 19.4. The van der Waals surface area contributed by atoms with E-state index in [1.54, 1.807) is 18.3 Å². The zero-order valence-electron chi connectivity index (χ0n) is 13.2. The first-order valence-electron chi connectivity index (χ1n) is 7.46. The highest BCUT2D eigenvalue weighted by Crippen LogP contribution is 2.30. The normalized spacial score (nSPS) is 11.3. The first-order valence-corrected chi connectivity index (χ1v) is 7.46. The Balaban J connectivity index is 1.79. The van der Waals surface area contributed by atoms with Crippen molar-refractivity contribution in [2.75, 3.05) is 5.73 Å². The molecule has 26 heavy (non-hydrogen) atoms. The number of benzene rings is 1. The number of halogens is 3. The topological polar surface area (TPSA) is 94.0 Å². The van der Waals surface area contributed by atoms with Gasteiger partial charge in [0.1, 0.15) is 11.3 Å². The van der Waals surface area contributed by atoms with Crippen LogP contribution < -0.4 is 11.1 Å². The summed E-state index contributed by atoms with van der Waals surface area (Å²) in [5.74, 6) is -0.801. The molecule has 0 aliphatic rings. The van der Waals surface area contributed by atoms with Gasteiger partial charge >= 0.3 is 6.18 Å². The fourth-order valence-corrected chi connectivity index (χ4v) is 2.35. The first kappa shape index (κ1) is 17.5. The Bertz CT molecular complexity index is 923. The van der Waals surface area contributed by atoms with Gasteiger partial charge in [0.05, 0.1) is 5.56 Å². The third kappa shape index (κ3) is 3.66. The van der Waals surface area contributed by atoms with Crippen LogP contribution >= 0.6 is 0 Å². The standard InChI is InChI=1S/C17H13F3N4O2/c18-17(19,20)12-5-1-3-10(7-12)8-23-16(25)13-14(24-26-15(13)21)11-4-2-6-22-9-11/h1-7,9H,8,21H2,(H,23,25). The minimum absolute atomic E-state index is 0.00461. The molecular weight excluding hydrogens is 349 g/mol. The molecule has 134 valence electrons. The number of hydrogen-bond acceptors (Lipinski definition) is 5. The average molecular weight is 362 g/mol. The molecule has 0 fully saturated rings. The van der Waals surface area contributed by atoms with Gasteiger partial charge in [-0.2, -0.15) is 13.2 Å². The second-order valence-electron chi connectivity index (χ2n) is 5.39. The lowest BCUT2D eigenvalue weighted by Gasteiger charge is -2.09. The molecule has 3 aromatic rings. The number of anilines is 1. The number of aromatic nitrogens is 2. The summed E-state index contributed by atoms with van der Waals surface area (Å²) in [4.78, 5) is 16.4. The highest BCUT2D eigenvalue weighted by Gasteiger charge is 2.30. The Kier molecular flexibility index (Phi) is 4.61. The molecule has 0 aliphatic heterocycles. The summed E-state index contributed by atoms with van der Waals surface area (Å²) in [6, 6.07) is 8.02. The number of nitrogens with one attached hydrogen (secondary N) is 1. The molecule has 0 radical (unpaired) electrons. The Hall–Kier alpha value is -3.36. The Morgan fingerprint density at radius 1 is 1.23 bits per heavy atom. The summed E-state index contributed by atoms with van der Waals surface area (Å²) in [5.41, 5.74) is 5.92. The smallest absolute Gasteiger partial charge is 0.367 e. The second-order valence-corrected chi connectivity index (χ2v) is 5.39. The molecule has 1 amide bonds. The summed E-state index contributed by atoms with van der Waals surface area (Å²) in [7, 11) is 0. The van der Waals surface area contributed by atoms with Crippen molar-refractivity contribution in [2.45, 2.75) is 12.7 Å². The van der Waals surface area contributed by atoms with E-state index < -0.39 is 17.6 Å². The van der Waals surface area contributed by atoms with Gasteiger partial charge in [-0.3, -0.25) is 9.78 Å². The monoisotopic (exact) mass is 362 g/mol. The van der Waals surface area contributed by atoms with Crippen LogP contribution in [0.1, 0.15) is 21.5 Å². The van der Waals surface area contributed by atoms with Crippen molar-refractivity contribution in [3.63, 3.8) is 0 Å². The van der Waals surface area contributed by atoms with E-state index in [-0.39, 0.29) is 23.7 Å². The fraction of sp³-hybridized carbons (Fsp3) is 0.118. The van der Waals surface area contributed by atoms with Gasteiger partial charge in [-0.05, 0) is 29.8 Å². The number of hydrogen-bond donors (Lipinski definition) is 2. The number of carbonyl (C=O) groups is 1. The fourth-order valence-electron chi connectivity index (χ4n) is 2.35. The zero-order valence-corrected chi connectivity index (χ0v) is 13.2. The van der Waals surface area contributed by atoms with Crippen LogP contribution in [-0.2, 0) is 12.7 Å². The predicted octanol–water partition coefficient (Wildman–Crippen LogP) is 3.27. The first-order chi connectivity index (χ1) is 12.4. The predicted molar refractivity (Wildman–Crippen MR) is 86.8 cm³/mol. The van der Waals surface area contributed by atoms with Crippen LogP contribution in [0.5, 0.6) is 0 Å². The summed E-state index contributed by atoms with van der Waals surface area (Å²) in [6.07, 6.45) is -1.41. The largest absolute Gasteiger partial charge is 0.416 e. The van der Waals surface area contributed by atoms with Crippen molar-refractivity contribution >= 4 is 11.8 Å². The molecule has 9 heteroatoms. The summed E-state index contributed by atoms with van der Waals surface area (Å²) >= 11 is 0. The van der Waals surface area contributed by atoms with Gasteiger partial charge in [0, 0.05) is 24.5 Å². The third-order valence-corrected chi connectivity index (χ3v) is 3.59. The highest BCUT2D eigenvalue weighted by molar-refractivity contribution is 6.03. The number of pyridine rings is 1. The van der Waals surface area contributed by atoms with Gasteiger partial charge in [0.2, 0.25) is 5.88 Å². The van der Waals surface area contributed by atoms with E-state index in [0.29, 0.717) is 11.1 Å². The maximum atomic E-state index is 12.8. The molecule has 0 spiro atoms. The van der Waals surface area contributed by atoms with E-state index in [9.17, 15) is 18.0 Å². The van der Waals surface area contributed by atoms with E-state index in [0.717, 1.165) is 12.1 Å². The molecule has 0 atom stereocenters. The van der Waals surface area contributed by atoms with Gasteiger partial charge in [0.25, 0.3) is 5.91 Å². The van der Waals surface area contributed by atoms with Crippen molar-refractivity contribution in [2.24, 2.45) is 0 Å². The number of alkyl halides is 3. The SMILES string of the molecule is Nc1onc(-c2cccnc2)c1C(=O)NCc1cccc(C(F)(F)F)c1. The summed E-state index contributed by atoms with van der Waals surface area (Å²) in [5, 5.41) is 6.28. The molecule has 0 saturated heterocycles. The van der Waals surface area contributed by atoms with Crippen LogP contribution in [0, 0.1) is 0 Å². The maximum Gasteiger partial charge on any atom is 0.416 e. The van der Waals surface area contributed by atoms with Crippen LogP contribution in [-0.4, -0.2) is 16.0 Å². The van der Waals surface area contributed by atoms with Crippen molar-refractivity contribution in [1.29, 1.82) is 0 Å². The lowest BCUT2D eigenvalue weighted by Crippen LogP contribution is -2.24. The number of rotatable bonds is 4.